The molecule has 1 aliphatic heterocycles. The summed E-state index contributed by atoms with van der Waals surface area (Å²) in [5, 5.41) is 10.9. The summed E-state index contributed by atoms with van der Waals surface area (Å²) in [6.45, 7) is 4.54. The molecule has 0 saturated carbocycles. The molecule has 2 aromatic carbocycles. The molecular formula is C23H24FNO5. The van der Waals surface area contributed by atoms with Crippen molar-refractivity contribution in [3.8, 4) is 11.5 Å². The fraction of sp³-hybridized carbons (Fsp3) is 0.304. The predicted octanol–water partition coefficient (Wildman–Crippen LogP) is 4.06. The fourth-order valence-electron chi connectivity index (χ4n) is 3.59. The second-order valence-electron chi connectivity index (χ2n) is 6.84. The number of nitrogens with zero attached hydrogens (tertiary/aromatic N) is 1. The summed E-state index contributed by atoms with van der Waals surface area (Å²) in [5.41, 5.74) is 0.826. The van der Waals surface area contributed by atoms with Crippen LogP contribution in [0.5, 0.6) is 11.5 Å². The Morgan fingerprint density at radius 3 is 2.40 bits per heavy atom. The third kappa shape index (κ3) is 3.87. The number of carbonyl (C=O) groups excluding carboxylic acids is 2. The Hall–Kier alpha value is -3.35. The number of ether oxygens (including phenoxy) is 2. The normalized spacial score (nSPS) is 18.0. The highest BCUT2D eigenvalue weighted by atomic mass is 19.1. The first-order valence-electron chi connectivity index (χ1n) is 9.78. The molecule has 2 aromatic rings. The number of halogens is 1. The molecule has 0 spiro atoms. The van der Waals surface area contributed by atoms with E-state index in [4.69, 9.17) is 9.47 Å². The van der Waals surface area contributed by atoms with Crippen molar-refractivity contribution in [2.24, 2.45) is 0 Å². The number of likely N-dealkylation sites (tertiary alicyclic amines) is 1. The predicted molar refractivity (Wildman–Crippen MR) is 110 cm³/mol. The summed E-state index contributed by atoms with van der Waals surface area (Å²) in [6, 6.07) is 9.47. The fourth-order valence-corrected chi connectivity index (χ4v) is 3.59. The van der Waals surface area contributed by atoms with Gasteiger partial charge in [0.25, 0.3) is 11.7 Å². The van der Waals surface area contributed by atoms with E-state index in [0.29, 0.717) is 36.6 Å². The van der Waals surface area contributed by atoms with Crippen LogP contribution in [-0.4, -0.2) is 42.0 Å². The van der Waals surface area contributed by atoms with Crippen LogP contribution in [0.25, 0.3) is 5.76 Å². The Balaban J connectivity index is 2.18. The molecule has 0 bridgehead atoms. The Morgan fingerprint density at radius 1 is 1.10 bits per heavy atom. The topological polar surface area (TPSA) is 76.1 Å². The lowest BCUT2D eigenvalue weighted by Crippen LogP contribution is -2.30. The van der Waals surface area contributed by atoms with Crippen LogP contribution in [0.2, 0.25) is 0 Å². The van der Waals surface area contributed by atoms with Crippen molar-refractivity contribution in [3.05, 3.63) is 65.0 Å². The third-order valence-electron chi connectivity index (χ3n) is 4.93. The summed E-state index contributed by atoms with van der Waals surface area (Å²) < 4.78 is 24.3. The van der Waals surface area contributed by atoms with Gasteiger partial charge in [0.1, 0.15) is 11.6 Å². The Morgan fingerprint density at radius 2 is 1.80 bits per heavy atom. The van der Waals surface area contributed by atoms with Gasteiger partial charge in [0.05, 0.1) is 25.3 Å². The minimum absolute atomic E-state index is 0.0359. The average Bonchev–Trinajstić information content (AvgIpc) is 2.99. The Kier molecular flexibility index (Phi) is 6.40. The van der Waals surface area contributed by atoms with Crippen molar-refractivity contribution in [1.29, 1.82) is 0 Å². The maximum atomic E-state index is 13.3. The molecule has 158 valence electrons. The van der Waals surface area contributed by atoms with Crippen LogP contribution >= 0.6 is 0 Å². The van der Waals surface area contributed by atoms with E-state index in [1.54, 1.807) is 18.2 Å². The van der Waals surface area contributed by atoms with Gasteiger partial charge in [-0.05, 0) is 55.3 Å². The summed E-state index contributed by atoms with van der Waals surface area (Å²) >= 11 is 0. The first-order chi connectivity index (χ1) is 14.4. The zero-order valence-electron chi connectivity index (χ0n) is 17.1. The quantitative estimate of drug-likeness (QED) is 0.421. The van der Waals surface area contributed by atoms with E-state index in [-0.39, 0.29) is 16.9 Å². The number of rotatable bonds is 7. The van der Waals surface area contributed by atoms with Crippen LogP contribution in [-0.2, 0) is 9.59 Å². The molecular weight excluding hydrogens is 389 g/mol. The van der Waals surface area contributed by atoms with Crippen molar-refractivity contribution < 1.29 is 28.6 Å². The molecule has 1 fully saturated rings. The van der Waals surface area contributed by atoms with Gasteiger partial charge in [-0.15, -0.1) is 0 Å². The van der Waals surface area contributed by atoms with E-state index >= 15 is 0 Å². The molecule has 6 nitrogen and oxygen atoms in total. The molecule has 1 atom stereocenters. The van der Waals surface area contributed by atoms with Crippen molar-refractivity contribution in [3.63, 3.8) is 0 Å². The molecule has 1 unspecified atom stereocenters. The average molecular weight is 413 g/mol. The molecule has 30 heavy (non-hydrogen) atoms. The number of methoxy groups -OCH3 is 1. The number of carbonyl (C=O) groups is 2. The third-order valence-corrected chi connectivity index (χ3v) is 4.93. The van der Waals surface area contributed by atoms with Gasteiger partial charge in [0.15, 0.2) is 11.5 Å². The maximum Gasteiger partial charge on any atom is 0.295 e. The van der Waals surface area contributed by atoms with E-state index in [2.05, 4.69) is 0 Å². The van der Waals surface area contributed by atoms with Gasteiger partial charge < -0.3 is 19.5 Å². The number of aliphatic hydroxyl groups is 1. The molecule has 7 heteroatoms. The molecule has 0 radical (unpaired) electrons. The molecule has 1 aliphatic rings. The number of benzene rings is 2. The molecule has 1 saturated heterocycles. The van der Waals surface area contributed by atoms with Crippen LogP contribution in [0.1, 0.15) is 37.4 Å². The molecule has 0 aliphatic carbocycles. The van der Waals surface area contributed by atoms with E-state index in [1.165, 1.54) is 36.3 Å². The van der Waals surface area contributed by atoms with Gasteiger partial charge in [-0.1, -0.05) is 13.0 Å². The second kappa shape index (κ2) is 8.98. The van der Waals surface area contributed by atoms with Crippen molar-refractivity contribution in [2.75, 3.05) is 20.3 Å². The van der Waals surface area contributed by atoms with Crippen LogP contribution < -0.4 is 9.47 Å². The molecule has 1 heterocycles. The van der Waals surface area contributed by atoms with Crippen molar-refractivity contribution in [1.82, 2.24) is 4.90 Å². The monoisotopic (exact) mass is 413 g/mol. The lowest BCUT2D eigenvalue weighted by molar-refractivity contribution is -0.139. The highest BCUT2D eigenvalue weighted by molar-refractivity contribution is 6.46. The van der Waals surface area contributed by atoms with Crippen LogP contribution in [0, 0.1) is 5.82 Å². The van der Waals surface area contributed by atoms with Gasteiger partial charge in [-0.2, -0.15) is 0 Å². The first-order valence-corrected chi connectivity index (χ1v) is 9.78. The summed E-state index contributed by atoms with van der Waals surface area (Å²) in [7, 11) is 1.50. The second-order valence-corrected chi connectivity index (χ2v) is 6.84. The van der Waals surface area contributed by atoms with Gasteiger partial charge in [-0.3, -0.25) is 9.59 Å². The zero-order chi connectivity index (χ0) is 21.8. The summed E-state index contributed by atoms with van der Waals surface area (Å²) in [5.74, 6) is -1.27. The Bertz CT molecular complexity index is 984. The SMILES string of the molecule is CCCN1C(=O)C(=O)/C(=C(\O)c2ccc(F)cc2)C1c1ccc(OCC)c(OC)c1. The zero-order valence-corrected chi connectivity index (χ0v) is 17.1. The lowest BCUT2D eigenvalue weighted by atomic mass is 9.95. The van der Waals surface area contributed by atoms with Crippen LogP contribution in [0.15, 0.2) is 48.0 Å². The van der Waals surface area contributed by atoms with Gasteiger partial charge >= 0.3 is 0 Å². The van der Waals surface area contributed by atoms with Gasteiger partial charge in [0, 0.05) is 12.1 Å². The minimum Gasteiger partial charge on any atom is -0.507 e. The minimum atomic E-state index is -0.792. The molecule has 3 rings (SSSR count). The number of ketones is 1. The molecule has 1 N–H and O–H groups in total. The highest BCUT2D eigenvalue weighted by Crippen LogP contribution is 2.42. The molecule has 0 aromatic heterocycles. The smallest absolute Gasteiger partial charge is 0.295 e. The summed E-state index contributed by atoms with van der Waals surface area (Å²) in [6.07, 6.45) is 0.633. The molecule has 1 amide bonds. The maximum absolute atomic E-state index is 13.3. The largest absolute Gasteiger partial charge is 0.507 e. The van der Waals surface area contributed by atoms with Crippen LogP contribution in [0.4, 0.5) is 4.39 Å². The van der Waals surface area contributed by atoms with Crippen molar-refractivity contribution >= 4 is 17.4 Å². The number of hydrogen-bond acceptors (Lipinski definition) is 5. The highest BCUT2D eigenvalue weighted by Gasteiger charge is 2.45. The standard InChI is InChI=1S/C23H24FNO5/c1-4-12-25-20(15-8-11-17(30-5-2)18(13-15)29-3)19(22(27)23(25)28)21(26)14-6-9-16(24)10-7-14/h6-11,13,20,26H,4-5,12H2,1-3H3/b21-19-. The summed E-state index contributed by atoms with van der Waals surface area (Å²) in [4.78, 5) is 27.0. The van der Waals surface area contributed by atoms with Gasteiger partial charge in [-0.25, -0.2) is 4.39 Å². The van der Waals surface area contributed by atoms with Crippen molar-refractivity contribution in [2.45, 2.75) is 26.3 Å². The number of hydrogen-bond donors (Lipinski definition) is 1. The first kappa shape index (κ1) is 21.4. The van der Waals surface area contributed by atoms with E-state index in [0.717, 1.165) is 0 Å². The number of aliphatic hydroxyl groups excluding tert-OH is 1. The lowest BCUT2D eigenvalue weighted by Gasteiger charge is -2.25. The van der Waals surface area contributed by atoms with E-state index in [1.807, 2.05) is 13.8 Å². The number of Topliss-reactive ketones (excluding diaryl/α,β-unsaturated/α-hetero) is 1. The van der Waals surface area contributed by atoms with Crippen LogP contribution in [0.3, 0.4) is 0 Å². The van der Waals surface area contributed by atoms with Gasteiger partial charge in [0.2, 0.25) is 0 Å². The van der Waals surface area contributed by atoms with E-state index < -0.39 is 23.5 Å². The Labute approximate surface area is 174 Å². The van der Waals surface area contributed by atoms with E-state index in [9.17, 15) is 19.1 Å². The number of amides is 1.